The topological polar surface area (TPSA) is 66.6 Å². The first-order valence-corrected chi connectivity index (χ1v) is 7.11. The predicted molar refractivity (Wildman–Crippen MR) is 61.1 cm³/mol. The molecule has 1 heterocycles. The third-order valence-corrected chi connectivity index (χ3v) is 4.54. The second kappa shape index (κ2) is 5.79. The lowest BCUT2D eigenvalue weighted by atomic mass is 10.3. The van der Waals surface area contributed by atoms with Crippen molar-refractivity contribution in [2.75, 3.05) is 45.0 Å². The molecule has 0 aromatic heterocycles. The minimum absolute atomic E-state index is 0.0702. The summed E-state index contributed by atoms with van der Waals surface area (Å²) in [4.78, 5) is 2.30. The number of piperazine rings is 1. The van der Waals surface area contributed by atoms with Crippen LogP contribution in [0.25, 0.3) is 0 Å². The van der Waals surface area contributed by atoms with Crippen molar-refractivity contribution < 1.29 is 8.42 Å². The molecule has 0 spiro atoms. The van der Waals surface area contributed by atoms with Crippen LogP contribution >= 0.6 is 0 Å². The van der Waals surface area contributed by atoms with E-state index in [1.165, 1.54) is 0 Å². The van der Waals surface area contributed by atoms with Crippen molar-refractivity contribution in [1.82, 2.24) is 9.21 Å². The van der Waals surface area contributed by atoms with Crippen LogP contribution in [-0.4, -0.2) is 62.6 Å². The second-order valence-corrected chi connectivity index (χ2v) is 5.93. The van der Waals surface area contributed by atoms with Crippen LogP contribution in [0, 0.1) is 0 Å². The van der Waals surface area contributed by atoms with Crippen LogP contribution in [0.1, 0.15) is 13.3 Å². The molecule has 1 aliphatic rings. The van der Waals surface area contributed by atoms with Gasteiger partial charge in [-0.05, 0) is 13.0 Å². The molecule has 5 nitrogen and oxygen atoms in total. The summed E-state index contributed by atoms with van der Waals surface area (Å²) in [5, 5.41) is 0. The maximum absolute atomic E-state index is 11.7. The normalized spacial score (nSPS) is 20.7. The van der Waals surface area contributed by atoms with E-state index < -0.39 is 10.0 Å². The minimum Gasteiger partial charge on any atom is -0.329 e. The number of hydrogen-bond acceptors (Lipinski definition) is 4. The highest BCUT2D eigenvalue weighted by molar-refractivity contribution is 7.89. The lowest BCUT2D eigenvalue weighted by Crippen LogP contribution is -2.49. The van der Waals surface area contributed by atoms with Gasteiger partial charge in [0.25, 0.3) is 0 Å². The van der Waals surface area contributed by atoms with Gasteiger partial charge in [0.05, 0.1) is 5.75 Å². The van der Waals surface area contributed by atoms with Crippen LogP contribution < -0.4 is 5.73 Å². The summed E-state index contributed by atoms with van der Waals surface area (Å²) < 4.78 is 24.9. The molecule has 1 saturated heterocycles. The van der Waals surface area contributed by atoms with Gasteiger partial charge in [-0.1, -0.05) is 6.92 Å². The molecule has 2 N–H and O–H groups in total. The standard InChI is InChI=1S/C9H21N3O2S/c1-2-4-11-5-7-12(8-6-11)15(13,14)9-3-10/h2-10H2,1H3. The van der Waals surface area contributed by atoms with Crippen molar-refractivity contribution in [3.05, 3.63) is 0 Å². The van der Waals surface area contributed by atoms with Crippen molar-refractivity contribution in [2.24, 2.45) is 5.73 Å². The first-order chi connectivity index (χ1) is 7.10. The lowest BCUT2D eigenvalue weighted by molar-refractivity contribution is 0.189. The Morgan fingerprint density at radius 3 is 2.27 bits per heavy atom. The summed E-state index contributed by atoms with van der Waals surface area (Å²) in [5.74, 6) is 0.0702. The highest BCUT2D eigenvalue weighted by Crippen LogP contribution is 2.07. The highest BCUT2D eigenvalue weighted by Gasteiger charge is 2.25. The van der Waals surface area contributed by atoms with E-state index in [0.29, 0.717) is 13.1 Å². The monoisotopic (exact) mass is 235 g/mol. The third-order valence-electron chi connectivity index (χ3n) is 2.64. The van der Waals surface area contributed by atoms with Gasteiger partial charge in [-0.3, -0.25) is 0 Å². The Morgan fingerprint density at radius 2 is 1.80 bits per heavy atom. The summed E-state index contributed by atoms with van der Waals surface area (Å²) in [6.45, 7) is 6.32. The number of nitrogens with zero attached hydrogens (tertiary/aromatic N) is 2. The van der Waals surface area contributed by atoms with E-state index in [-0.39, 0.29) is 12.3 Å². The highest BCUT2D eigenvalue weighted by atomic mass is 32.2. The smallest absolute Gasteiger partial charge is 0.215 e. The number of sulfonamides is 1. The molecular weight excluding hydrogens is 214 g/mol. The summed E-state index contributed by atoms with van der Waals surface area (Å²) in [6.07, 6.45) is 1.12. The zero-order valence-electron chi connectivity index (χ0n) is 9.35. The zero-order valence-corrected chi connectivity index (χ0v) is 10.2. The van der Waals surface area contributed by atoms with Gasteiger partial charge in [-0.25, -0.2) is 8.42 Å². The van der Waals surface area contributed by atoms with Crippen LogP contribution in [0.5, 0.6) is 0 Å². The van der Waals surface area contributed by atoms with Crippen molar-refractivity contribution in [3.8, 4) is 0 Å². The fourth-order valence-corrected chi connectivity index (χ4v) is 3.10. The largest absolute Gasteiger partial charge is 0.329 e. The first kappa shape index (κ1) is 12.9. The maximum Gasteiger partial charge on any atom is 0.215 e. The molecule has 0 aliphatic carbocycles. The molecule has 1 fully saturated rings. The minimum atomic E-state index is -3.09. The van der Waals surface area contributed by atoms with E-state index in [0.717, 1.165) is 26.1 Å². The Labute approximate surface area is 92.3 Å². The van der Waals surface area contributed by atoms with Crippen molar-refractivity contribution >= 4 is 10.0 Å². The summed E-state index contributed by atoms with van der Waals surface area (Å²) in [5.41, 5.74) is 5.28. The van der Waals surface area contributed by atoms with E-state index in [9.17, 15) is 8.42 Å². The molecule has 0 amide bonds. The Morgan fingerprint density at radius 1 is 1.20 bits per heavy atom. The van der Waals surface area contributed by atoms with Gasteiger partial charge in [0.15, 0.2) is 0 Å². The summed E-state index contributed by atoms with van der Waals surface area (Å²) in [7, 11) is -3.09. The molecule has 0 radical (unpaired) electrons. The quantitative estimate of drug-likeness (QED) is 0.684. The maximum atomic E-state index is 11.7. The molecule has 0 bridgehead atoms. The van der Waals surface area contributed by atoms with Gasteiger partial charge in [0.1, 0.15) is 0 Å². The van der Waals surface area contributed by atoms with Crippen LogP contribution in [0.4, 0.5) is 0 Å². The van der Waals surface area contributed by atoms with Crippen LogP contribution in [0.15, 0.2) is 0 Å². The Kier molecular flexibility index (Phi) is 4.98. The fourth-order valence-electron chi connectivity index (χ4n) is 1.83. The van der Waals surface area contributed by atoms with Gasteiger partial charge in [-0.2, -0.15) is 4.31 Å². The van der Waals surface area contributed by atoms with Crippen LogP contribution in [0.3, 0.4) is 0 Å². The van der Waals surface area contributed by atoms with Crippen molar-refractivity contribution in [1.29, 1.82) is 0 Å². The fraction of sp³-hybridized carbons (Fsp3) is 1.00. The molecule has 90 valence electrons. The molecule has 0 atom stereocenters. The Bertz CT molecular complexity index is 271. The van der Waals surface area contributed by atoms with Crippen LogP contribution in [0.2, 0.25) is 0 Å². The average Bonchev–Trinajstić information content (AvgIpc) is 2.19. The molecule has 0 aromatic rings. The van der Waals surface area contributed by atoms with Crippen molar-refractivity contribution in [3.63, 3.8) is 0 Å². The lowest BCUT2D eigenvalue weighted by Gasteiger charge is -2.33. The molecule has 1 rings (SSSR count). The molecule has 6 heteroatoms. The van der Waals surface area contributed by atoms with Gasteiger partial charge in [0, 0.05) is 32.7 Å². The SMILES string of the molecule is CCCN1CCN(S(=O)(=O)CCN)CC1. The van der Waals surface area contributed by atoms with Gasteiger partial charge >= 0.3 is 0 Å². The van der Waals surface area contributed by atoms with E-state index in [1.807, 2.05) is 0 Å². The zero-order chi connectivity index (χ0) is 11.3. The second-order valence-electron chi connectivity index (χ2n) is 3.85. The van der Waals surface area contributed by atoms with E-state index >= 15 is 0 Å². The Hall–Kier alpha value is -0.170. The first-order valence-electron chi connectivity index (χ1n) is 5.50. The third kappa shape index (κ3) is 3.71. The summed E-state index contributed by atoms with van der Waals surface area (Å²) >= 11 is 0. The van der Waals surface area contributed by atoms with Gasteiger partial charge in [-0.15, -0.1) is 0 Å². The number of hydrogen-bond donors (Lipinski definition) is 1. The molecule has 1 aliphatic heterocycles. The summed E-state index contributed by atoms with van der Waals surface area (Å²) in [6, 6.07) is 0. The van der Waals surface area contributed by atoms with Gasteiger partial charge < -0.3 is 10.6 Å². The molecule has 0 aromatic carbocycles. The molecule has 0 unspecified atom stereocenters. The van der Waals surface area contributed by atoms with E-state index in [4.69, 9.17) is 5.73 Å². The number of rotatable bonds is 5. The van der Waals surface area contributed by atoms with Crippen molar-refractivity contribution in [2.45, 2.75) is 13.3 Å². The van der Waals surface area contributed by atoms with E-state index in [1.54, 1.807) is 4.31 Å². The average molecular weight is 235 g/mol. The van der Waals surface area contributed by atoms with Gasteiger partial charge in [0.2, 0.25) is 10.0 Å². The van der Waals surface area contributed by atoms with E-state index in [2.05, 4.69) is 11.8 Å². The number of nitrogens with two attached hydrogens (primary N) is 1. The molecule has 0 saturated carbocycles. The molecular formula is C9H21N3O2S. The molecule has 15 heavy (non-hydrogen) atoms. The predicted octanol–water partition coefficient (Wildman–Crippen LogP) is -0.697. The Balaban J connectivity index is 2.43. The van der Waals surface area contributed by atoms with Crippen LogP contribution in [-0.2, 0) is 10.0 Å².